The Labute approximate surface area is 85.6 Å². The van der Waals surface area contributed by atoms with Gasteiger partial charge in [0.25, 0.3) is 0 Å². The second-order valence-corrected chi connectivity index (χ2v) is 3.21. The van der Waals surface area contributed by atoms with Crippen LogP contribution < -0.4 is 0 Å². The second kappa shape index (κ2) is 6.33. The van der Waals surface area contributed by atoms with Gasteiger partial charge in [0.05, 0.1) is 12.6 Å². The van der Waals surface area contributed by atoms with E-state index in [0.717, 1.165) is 12.0 Å². The Bertz CT molecular complexity index is 269. The molecule has 0 aliphatic rings. The smallest absolute Gasteiger partial charge is 0.0730 e. The summed E-state index contributed by atoms with van der Waals surface area (Å²) < 4.78 is 5.07. The van der Waals surface area contributed by atoms with Crippen molar-refractivity contribution >= 4 is 6.21 Å². The first-order chi connectivity index (χ1) is 6.86. The lowest BCUT2D eigenvalue weighted by Gasteiger charge is -2.07. The van der Waals surface area contributed by atoms with Crippen LogP contribution in [0.4, 0.5) is 0 Å². The summed E-state index contributed by atoms with van der Waals surface area (Å²) in [5.74, 6) is 0. The lowest BCUT2D eigenvalue weighted by molar-refractivity contribution is 0.179. The third kappa shape index (κ3) is 3.71. The molecule has 1 aromatic carbocycles. The number of hydrogen-bond donors (Lipinski definition) is 0. The van der Waals surface area contributed by atoms with E-state index in [4.69, 9.17) is 4.74 Å². The summed E-state index contributed by atoms with van der Waals surface area (Å²) in [5, 5.41) is 0. The van der Waals surface area contributed by atoms with Crippen LogP contribution in [0.15, 0.2) is 35.3 Å². The summed E-state index contributed by atoms with van der Waals surface area (Å²) >= 11 is 0. The molecule has 0 aliphatic heterocycles. The summed E-state index contributed by atoms with van der Waals surface area (Å²) in [7, 11) is 1.71. The molecule has 0 amide bonds. The fourth-order valence-electron chi connectivity index (χ4n) is 1.19. The van der Waals surface area contributed by atoms with Gasteiger partial charge in [-0.3, -0.25) is 4.99 Å². The zero-order valence-corrected chi connectivity index (χ0v) is 8.81. The van der Waals surface area contributed by atoms with Crippen molar-refractivity contribution in [1.29, 1.82) is 0 Å². The molecule has 0 bridgehead atoms. The number of benzene rings is 1. The second-order valence-electron chi connectivity index (χ2n) is 3.21. The molecule has 1 rings (SSSR count). The molecule has 0 radical (unpaired) electrons. The first kappa shape index (κ1) is 10.9. The molecule has 2 heteroatoms. The van der Waals surface area contributed by atoms with E-state index in [2.05, 4.69) is 11.9 Å². The molecule has 1 atom stereocenters. The number of methoxy groups -OCH3 is 1. The van der Waals surface area contributed by atoms with Gasteiger partial charge in [0.1, 0.15) is 0 Å². The maximum atomic E-state index is 5.07. The van der Waals surface area contributed by atoms with E-state index in [9.17, 15) is 0 Å². The van der Waals surface area contributed by atoms with Crippen molar-refractivity contribution in [2.24, 2.45) is 4.99 Å². The highest BCUT2D eigenvalue weighted by atomic mass is 16.5. The average molecular weight is 191 g/mol. The molecule has 0 aromatic heterocycles. The summed E-state index contributed by atoms with van der Waals surface area (Å²) in [6.07, 6.45) is 2.92. The Hall–Kier alpha value is -1.15. The Balaban J connectivity index is 2.53. The number of hydrogen-bond acceptors (Lipinski definition) is 2. The average Bonchev–Trinajstić information content (AvgIpc) is 2.25. The van der Waals surface area contributed by atoms with Crippen LogP contribution in [0.1, 0.15) is 18.9 Å². The normalized spacial score (nSPS) is 13.3. The Morgan fingerprint density at radius 3 is 2.64 bits per heavy atom. The molecular weight excluding hydrogens is 174 g/mol. The molecule has 14 heavy (non-hydrogen) atoms. The Morgan fingerprint density at radius 2 is 2.07 bits per heavy atom. The van der Waals surface area contributed by atoms with Gasteiger partial charge >= 0.3 is 0 Å². The fraction of sp³-hybridized carbons (Fsp3) is 0.417. The molecule has 0 saturated heterocycles. The molecule has 0 aliphatic carbocycles. The van der Waals surface area contributed by atoms with E-state index in [1.54, 1.807) is 7.11 Å². The van der Waals surface area contributed by atoms with Crippen molar-refractivity contribution in [3.8, 4) is 0 Å². The maximum absolute atomic E-state index is 5.07. The van der Waals surface area contributed by atoms with Gasteiger partial charge in [-0.2, -0.15) is 0 Å². The van der Waals surface area contributed by atoms with Crippen molar-refractivity contribution in [2.45, 2.75) is 19.4 Å². The summed E-state index contributed by atoms with van der Waals surface area (Å²) in [5.41, 5.74) is 1.14. The largest absolute Gasteiger partial charge is 0.382 e. The third-order valence-electron chi connectivity index (χ3n) is 2.06. The Kier molecular flexibility index (Phi) is 4.94. The van der Waals surface area contributed by atoms with Crippen molar-refractivity contribution in [3.05, 3.63) is 35.9 Å². The molecule has 1 aromatic rings. The van der Waals surface area contributed by atoms with Gasteiger partial charge in [0, 0.05) is 13.3 Å². The summed E-state index contributed by atoms with van der Waals surface area (Å²) in [4.78, 5) is 4.45. The van der Waals surface area contributed by atoms with Crippen LogP contribution in [0, 0.1) is 0 Å². The van der Waals surface area contributed by atoms with E-state index in [-0.39, 0.29) is 6.04 Å². The molecular formula is C12H17NO. The van der Waals surface area contributed by atoms with Gasteiger partial charge in [-0.05, 0) is 12.0 Å². The molecule has 0 N–H and O–H groups in total. The SMILES string of the molecule is CC[C@H](COC)N=Cc1ccccc1. The van der Waals surface area contributed by atoms with Crippen LogP contribution in [0.2, 0.25) is 0 Å². The topological polar surface area (TPSA) is 21.6 Å². The number of nitrogens with zero attached hydrogens (tertiary/aromatic N) is 1. The van der Waals surface area contributed by atoms with Crippen LogP contribution >= 0.6 is 0 Å². The van der Waals surface area contributed by atoms with Crippen LogP contribution in [-0.2, 0) is 4.74 Å². The Morgan fingerprint density at radius 1 is 1.36 bits per heavy atom. The molecule has 0 fully saturated rings. The van der Waals surface area contributed by atoms with Crippen molar-refractivity contribution < 1.29 is 4.74 Å². The minimum Gasteiger partial charge on any atom is -0.382 e. The van der Waals surface area contributed by atoms with Gasteiger partial charge < -0.3 is 4.74 Å². The quantitative estimate of drug-likeness (QED) is 0.655. The minimum atomic E-state index is 0.278. The van der Waals surface area contributed by atoms with E-state index < -0.39 is 0 Å². The predicted octanol–water partition coefficient (Wildman–Crippen LogP) is 2.53. The summed E-state index contributed by atoms with van der Waals surface area (Å²) in [6.45, 7) is 2.81. The lowest BCUT2D eigenvalue weighted by Crippen LogP contribution is -2.10. The first-order valence-corrected chi connectivity index (χ1v) is 4.94. The predicted molar refractivity (Wildman–Crippen MR) is 60.0 cm³/mol. The van der Waals surface area contributed by atoms with E-state index in [1.807, 2.05) is 36.5 Å². The monoisotopic (exact) mass is 191 g/mol. The summed E-state index contributed by atoms with van der Waals surface area (Å²) in [6, 6.07) is 10.4. The highest BCUT2D eigenvalue weighted by Crippen LogP contribution is 2.00. The maximum Gasteiger partial charge on any atom is 0.0730 e. The van der Waals surface area contributed by atoms with Gasteiger partial charge in [0.2, 0.25) is 0 Å². The fourth-order valence-corrected chi connectivity index (χ4v) is 1.19. The zero-order chi connectivity index (χ0) is 10.2. The van der Waals surface area contributed by atoms with Crippen molar-refractivity contribution in [3.63, 3.8) is 0 Å². The van der Waals surface area contributed by atoms with Gasteiger partial charge in [0.15, 0.2) is 0 Å². The van der Waals surface area contributed by atoms with Crippen LogP contribution in [0.25, 0.3) is 0 Å². The third-order valence-corrected chi connectivity index (χ3v) is 2.06. The first-order valence-electron chi connectivity index (χ1n) is 4.94. The molecule has 0 spiro atoms. The van der Waals surface area contributed by atoms with E-state index >= 15 is 0 Å². The highest BCUT2D eigenvalue weighted by molar-refractivity contribution is 5.79. The molecule has 2 nitrogen and oxygen atoms in total. The van der Waals surface area contributed by atoms with Crippen molar-refractivity contribution in [1.82, 2.24) is 0 Å². The zero-order valence-electron chi connectivity index (χ0n) is 8.81. The molecule has 76 valence electrons. The number of aliphatic imine (C=N–C) groups is 1. The highest BCUT2D eigenvalue weighted by Gasteiger charge is 2.00. The van der Waals surface area contributed by atoms with Crippen LogP contribution in [-0.4, -0.2) is 26.0 Å². The van der Waals surface area contributed by atoms with E-state index in [1.165, 1.54) is 0 Å². The molecule has 0 saturated carbocycles. The minimum absolute atomic E-state index is 0.278. The van der Waals surface area contributed by atoms with Crippen molar-refractivity contribution in [2.75, 3.05) is 13.7 Å². The van der Waals surface area contributed by atoms with Gasteiger partial charge in [-0.25, -0.2) is 0 Å². The van der Waals surface area contributed by atoms with Gasteiger partial charge in [-0.15, -0.1) is 0 Å². The van der Waals surface area contributed by atoms with Crippen LogP contribution in [0.5, 0.6) is 0 Å². The van der Waals surface area contributed by atoms with Gasteiger partial charge in [-0.1, -0.05) is 37.3 Å². The molecule has 0 unspecified atom stereocenters. The van der Waals surface area contributed by atoms with E-state index in [0.29, 0.717) is 6.61 Å². The number of ether oxygens (including phenoxy) is 1. The standard InChI is InChI=1S/C12H17NO/c1-3-12(10-14-2)13-9-11-7-5-4-6-8-11/h4-9,12H,3,10H2,1-2H3/t12-/m1/s1. The molecule has 0 heterocycles. The van der Waals surface area contributed by atoms with Crippen LogP contribution in [0.3, 0.4) is 0 Å². The number of rotatable bonds is 5. The lowest BCUT2D eigenvalue weighted by atomic mass is 10.2.